The van der Waals surface area contributed by atoms with E-state index in [1.165, 1.54) is 18.2 Å². The van der Waals surface area contributed by atoms with Crippen molar-refractivity contribution in [2.75, 3.05) is 10.5 Å². The molecule has 0 saturated carbocycles. The summed E-state index contributed by atoms with van der Waals surface area (Å²) in [6.45, 7) is 1.92. The molecule has 0 saturated heterocycles. The highest BCUT2D eigenvalue weighted by molar-refractivity contribution is 9.10. The van der Waals surface area contributed by atoms with E-state index < -0.39 is 16.0 Å². The lowest BCUT2D eigenvalue weighted by Gasteiger charge is -2.13. The van der Waals surface area contributed by atoms with Gasteiger partial charge in [0, 0.05) is 4.47 Å². The second-order valence-corrected chi connectivity index (χ2v) is 7.42. The van der Waals surface area contributed by atoms with E-state index in [1.807, 2.05) is 13.0 Å². The largest absolute Gasteiger partial charge is 0.478 e. The van der Waals surface area contributed by atoms with Gasteiger partial charge in [-0.1, -0.05) is 35.0 Å². The maximum Gasteiger partial charge on any atom is 0.337 e. The molecule has 0 bridgehead atoms. The number of nitrogen functional groups attached to an aromatic ring is 1. The Morgan fingerprint density at radius 1 is 1.30 bits per heavy atom. The second-order valence-electron chi connectivity index (χ2n) is 4.83. The first-order valence-electron chi connectivity index (χ1n) is 6.68. The van der Waals surface area contributed by atoms with Crippen molar-refractivity contribution >= 4 is 43.3 Å². The maximum absolute atomic E-state index is 12.5. The number of halogens is 1. The van der Waals surface area contributed by atoms with E-state index in [0.29, 0.717) is 10.9 Å². The summed E-state index contributed by atoms with van der Waals surface area (Å²) in [5.41, 5.74) is 6.33. The molecule has 8 heteroatoms. The Morgan fingerprint density at radius 2 is 2.00 bits per heavy atom. The summed E-state index contributed by atoms with van der Waals surface area (Å²) >= 11 is 3.15. The van der Waals surface area contributed by atoms with Crippen molar-refractivity contribution in [3.05, 3.63) is 52.0 Å². The van der Waals surface area contributed by atoms with E-state index in [0.717, 1.165) is 5.56 Å². The molecule has 0 unspecified atom stereocenters. The lowest BCUT2D eigenvalue weighted by Crippen LogP contribution is -2.16. The topological polar surface area (TPSA) is 109 Å². The second kappa shape index (κ2) is 6.59. The molecule has 122 valence electrons. The predicted molar refractivity (Wildman–Crippen MR) is 92.1 cm³/mol. The van der Waals surface area contributed by atoms with E-state index in [1.54, 1.807) is 12.1 Å². The number of rotatable bonds is 5. The van der Waals surface area contributed by atoms with Crippen molar-refractivity contribution in [1.29, 1.82) is 0 Å². The number of sulfonamides is 1. The number of nitrogens with two attached hydrogens (primary N) is 1. The molecule has 0 atom stereocenters. The van der Waals surface area contributed by atoms with Crippen molar-refractivity contribution in [2.24, 2.45) is 0 Å². The van der Waals surface area contributed by atoms with E-state index in [9.17, 15) is 13.2 Å². The molecule has 4 N–H and O–H groups in total. The van der Waals surface area contributed by atoms with Gasteiger partial charge >= 0.3 is 5.97 Å². The zero-order valence-corrected chi connectivity index (χ0v) is 14.6. The van der Waals surface area contributed by atoms with Crippen LogP contribution in [-0.4, -0.2) is 19.5 Å². The third-order valence-electron chi connectivity index (χ3n) is 3.24. The van der Waals surface area contributed by atoms with Gasteiger partial charge in [-0.25, -0.2) is 13.2 Å². The summed E-state index contributed by atoms with van der Waals surface area (Å²) in [7, 11) is -3.87. The number of aryl methyl sites for hydroxylation is 1. The molecule has 2 rings (SSSR count). The minimum atomic E-state index is -3.87. The van der Waals surface area contributed by atoms with Crippen LogP contribution in [0.25, 0.3) is 0 Å². The molecule has 23 heavy (non-hydrogen) atoms. The summed E-state index contributed by atoms with van der Waals surface area (Å²) in [6.07, 6.45) is 0.700. The molecule has 0 aromatic heterocycles. The van der Waals surface area contributed by atoms with Gasteiger partial charge in [-0.3, -0.25) is 4.72 Å². The number of hydrogen-bond acceptors (Lipinski definition) is 4. The standard InChI is InChI=1S/C15H15BrN2O4S/c1-2-9-4-3-5-11(6-9)23(21,22)18-13-8-10(16)7-12(14(13)17)15(19)20/h3-8,18H,2,17H2,1H3,(H,19,20). The fourth-order valence-corrected chi connectivity index (χ4v) is 3.61. The summed E-state index contributed by atoms with van der Waals surface area (Å²) in [6, 6.07) is 9.24. The molecule has 0 spiro atoms. The minimum absolute atomic E-state index is 0.0127. The SMILES string of the molecule is CCc1cccc(S(=O)(=O)Nc2cc(Br)cc(C(=O)O)c2N)c1. The third-order valence-corrected chi connectivity index (χ3v) is 5.06. The fourth-order valence-electron chi connectivity index (χ4n) is 2.02. The molecule has 0 amide bonds. The van der Waals surface area contributed by atoms with E-state index >= 15 is 0 Å². The Balaban J connectivity index is 2.47. The normalized spacial score (nSPS) is 11.2. The van der Waals surface area contributed by atoms with Crippen LogP contribution in [0.4, 0.5) is 11.4 Å². The van der Waals surface area contributed by atoms with Crippen LogP contribution >= 0.6 is 15.9 Å². The third kappa shape index (κ3) is 3.83. The number of aromatic carboxylic acids is 1. The smallest absolute Gasteiger partial charge is 0.337 e. The number of anilines is 2. The molecular formula is C15H15BrN2O4S. The van der Waals surface area contributed by atoms with Crippen molar-refractivity contribution in [3.63, 3.8) is 0 Å². The van der Waals surface area contributed by atoms with E-state index in [2.05, 4.69) is 20.7 Å². The first-order valence-corrected chi connectivity index (χ1v) is 8.96. The Morgan fingerprint density at radius 3 is 2.61 bits per heavy atom. The van der Waals surface area contributed by atoms with Crippen molar-refractivity contribution < 1.29 is 18.3 Å². The first-order chi connectivity index (χ1) is 10.7. The summed E-state index contributed by atoms with van der Waals surface area (Å²) in [5.74, 6) is -1.24. The zero-order valence-electron chi connectivity index (χ0n) is 12.2. The van der Waals surface area contributed by atoms with Crippen LogP contribution in [0.5, 0.6) is 0 Å². The van der Waals surface area contributed by atoms with Crippen molar-refractivity contribution in [3.8, 4) is 0 Å². The molecule has 2 aromatic carbocycles. The Hall–Kier alpha value is -2.06. The Kier molecular flexibility index (Phi) is 4.96. The highest BCUT2D eigenvalue weighted by atomic mass is 79.9. The number of carbonyl (C=O) groups is 1. The minimum Gasteiger partial charge on any atom is -0.478 e. The predicted octanol–water partition coefficient (Wildman–Crippen LogP) is 3.09. The number of hydrogen-bond donors (Lipinski definition) is 3. The van der Waals surface area contributed by atoms with Crippen LogP contribution in [0.1, 0.15) is 22.8 Å². The lowest BCUT2D eigenvalue weighted by molar-refractivity contribution is 0.0698. The van der Waals surface area contributed by atoms with Gasteiger partial charge in [0.2, 0.25) is 0 Å². The molecule has 0 aliphatic carbocycles. The zero-order chi connectivity index (χ0) is 17.2. The molecule has 0 aliphatic rings. The fraction of sp³-hybridized carbons (Fsp3) is 0.133. The molecular weight excluding hydrogens is 384 g/mol. The number of nitrogens with one attached hydrogen (secondary N) is 1. The Bertz CT molecular complexity index is 866. The quantitative estimate of drug-likeness (QED) is 0.670. The molecule has 2 aromatic rings. The number of benzene rings is 2. The van der Waals surface area contributed by atoms with Gasteiger partial charge in [-0.2, -0.15) is 0 Å². The highest BCUT2D eigenvalue weighted by Crippen LogP contribution is 2.30. The molecule has 0 fully saturated rings. The molecule has 0 heterocycles. The molecule has 0 radical (unpaired) electrons. The van der Waals surface area contributed by atoms with Crippen LogP contribution in [0.2, 0.25) is 0 Å². The van der Waals surface area contributed by atoms with Gasteiger partial charge in [0.25, 0.3) is 10.0 Å². The number of carboxylic acid groups (broad SMARTS) is 1. The summed E-state index contributed by atoms with van der Waals surface area (Å²) < 4.78 is 27.7. The van der Waals surface area contributed by atoms with Crippen molar-refractivity contribution in [1.82, 2.24) is 0 Å². The highest BCUT2D eigenvalue weighted by Gasteiger charge is 2.19. The van der Waals surface area contributed by atoms with Gasteiger partial charge < -0.3 is 10.8 Å². The Labute approximate surface area is 142 Å². The van der Waals surface area contributed by atoms with Gasteiger partial charge in [-0.15, -0.1) is 0 Å². The van der Waals surface area contributed by atoms with E-state index in [4.69, 9.17) is 10.8 Å². The van der Waals surface area contributed by atoms with Crippen molar-refractivity contribution in [2.45, 2.75) is 18.2 Å². The number of carboxylic acids is 1. The molecule has 0 aliphatic heterocycles. The molecule has 6 nitrogen and oxygen atoms in total. The maximum atomic E-state index is 12.5. The van der Waals surface area contributed by atoms with Gasteiger partial charge in [0.05, 0.1) is 21.8 Å². The van der Waals surface area contributed by atoms with E-state index in [-0.39, 0.29) is 21.8 Å². The monoisotopic (exact) mass is 398 g/mol. The van der Waals surface area contributed by atoms with Gasteiger partial charge in [-0.05, 0) is 36.2 Å². The first kappa shape index (κ1) is 17.3. The average molecular weight is 399 g/mol. The van der Waals surface area contributed by atoms with Crippen LogP contribution in [0.15, 0.2) is 45.8 Å². The van der Waals surface area contributed by atoms with Crippen LogP contribution in [0, 0.1) is 0 Å². The van der Waals surface area contributed by atoms with Gasteiger partial charge in [0.1, 0.15) is 0 Å². The van der Waals surface area contributed by atoms with Gasteiger partial charge in [0.15, 0.2) is 0 Å². The summed E-state index contributed by atoms with van der Waals surface area (Å²) in [5, 5.41) is 9.12. The summed E-state index contributed by atoms with van der Waals surface area (Å²) in [4.78, 5) is 11.3. The lowest BCUT2D eigenvalue weighted by atomic mass is 10.1. The average Bonchev–Trinajstić information content (AvgIpc) is 2.50. The van der Waals surface area contributed by atoms with Crippen LogP contribution in [-0.2, 0) is 16.4 Å². The van der Waals surface area contributed by atoms with Crippen LogP contribution in [0.3, 0.4) is 0 Å². The van der Waals surface area contributed by atoms with Crippen LogP contribution < -0.4 is 10.5 Å².